The minimum atomic E-state index is -3.09. The Bertz CT molecular complexity index is 2220. The number of carboxylic acid groups (broad SMARTS) is 1. The summed E-state index contributed by atoms with van der Waals surface area (Å²) in [5.74, 6) is -0.807. The number of rotatable bonds is 13. The number of nitrogens with one attached hydrogen (secondary N) is 3. The molecule has 0 radical (unpaired) electrons. The molecule has 5 aromatic rings. The van der Waals surface area contributed by atoms with E-state index in [1.165, 1.54) is 11.3 Å². The zero-order valence-electron chi connectivity index (χ0n) is 29.3. The average molecular weight is 797 g/mol. The molecule has 2 aliphatic heterocycles. The topological polar surface area (TPSA) is 142 Å². The van der Waals surface area contributed by atoms with Crippen LogP contribution in [0.5, 0.6) is 5.88 Å². The van der Waals surface area contributed by atoms with Crippen LogP contribution in [0.1, 0.15) is 35.9 Å². The Morgan fingerprint density at radius 1 is 1.11 bits per heavy atom. The second kappa shape index (κ2) is 16.1. The van der Waals surface area contributed by atoms with Crippen LogP contribution in [0, 0.1) is 18.8 Å². The quantitative estimate of drug-likeness (QED) is 0.0930. The number of thiazole rings is 1. The minimum absolute atomic E-state index is 0.00295. The lowest BCUT2D eigenvalue weighted by Crippen LogP contribution is -2.35. The molecule has 54 heavy (non-hydrogen) atoms. The lowest BCUT2D eigenvalue weighted by atomic mass is 9.99. The third-order valence-corrected chi connectivity index (χ3v) is 11.6. The molecule has 2 aromatic carbocycles. The second-order valence-corrected chi connectivity index (χ2v) is 15.5. The highest BCUT2D eigenvalue weighted by molar-refractivity contribution is 7.18. The second-order valence-electron chi connectivity index (χ2n) is 13.6. The van der Waals surface area contributed by atoms with E-state index in [-0.39, 0.29) is 30.3 Å². The molecule has 0 bridgehead atoms. The van der Waals surface area contributed by atoms with E-state index in [4.69, 9.17) is 32.9 Å². The molecule has 0 unspecified atom stereocenters. The molecule has 7 rings (SSSR count). The van der Waals surface area contributed by atoms with E-state index < -0.39 is 18.5 Å². The van der Waals surface area contributed by atoms with E-state index in [0.717, 1.165) is 9.71 Å². The number of likely N-dealkylation sites (tertiary alicyclic amines) is 1. The van der Waals surface area contributed by atoms with E-state index in [1.807, 2.05) is 37.3 Å². The Balaban J connectivity index is 1.13. The fourth-order valence-electron chi connectivity index (χ4n) is 7.08. The van der Waals surface area contributed by atoms with Gasteiger partial charge in [0.25, 0.3) is 0 Å². The Labute approximate surface area is 324 Å². The first kappa shape index (κ1) is 37.8. The number of ether oxygens (including phenoxy) is 1. The van der Waals surface area contributed by atoms with Crippen molar-refractivity contribution in [1.29, 1.82) is 0 Å². The number of carbonyl (C=O) groups is 2. The van der Waals surface area contributed by atoms with Gasteiger partial charge in [0.05, 0.1) is 38.6 Å². The number of aliphatic carboxylic acids is 1. The molecule has 2 saturated heterocycles. The first-order valence-corrected chi connectivity index (χ1v) is 19.0. The number of benzene rings is 2. The largest absolute Gasteiger partial charge is 0.481 e. The predicted octanol–water partition coefficient (Wildman–Crippen LogP) is 7.90. The van der Waals surface area contributed by atoms with Gasteiger partial charge in [-0.3, -0.25) is 14.5 Å². The highest BCUT2D eigenvalue weighted by Crippen LogP contribution is 2.43. The highest BCUT2D eigenvalue weighted by Gasteiger charge is 2.35. The molecule has 11 nitrogen and oxygen atoms in total. The van der Waals surface area contributed by atoms with Crippen molar-refractivity contribution in [2.24, 2.45) is 11.8 Å². The van der Waals surface area contributed by atoms with Crippen LogP contribution in [0.4, 0.5) is 20.3 Å². The number of nitrogens with zero attached hydrogens (tertiary/aromatic N) is 4. The summed E-state index contributed by atoms with van der Waals surface area (Å²) in [6, 6.07) is 14.5. The van der Waals surface area contributed by atoms with Crippen LogP contribution in [-0.2, 0) is 22.7 Å². The van der Waals surface area contributed by atoms with Crippen molar-refractivity contribution in [3.63, 3.8) is 0 Å². The third-order valence-electron chi connectivity index (χ3n) is 9.82. The highest BCUT2D eigenvalue weighted by atomic mass is 35.5. The monoisotopic (exact) mass is 795 g/mol. The van der Waals surface area contributed by atoms with Gasteiger partial charge in [0.15, 0.2) is 5.82 Å². The van der Waals surface area contributed by atoms with E-state index in [2.05, 4.69) is 30.8 Å². The lowest BCUT2D eigenvalue weighted by Gasteiger charge is -2.18. The number of carboxylic acids is 1. The first-order valence-electron chi connectivity index (χ1n) is 17.4. The van der Waals surface area contributed by atoms with Crippen molar-refractivity contribution in [3.8, 4) is 28.3 Å². The van der Waals surface area contributed by atoms with Gasteiger partial charge >= 0.3 is 12.6 Å². The number of alkyl halides is 2. The van der Waals surface area contributed by atoms with Gasteiger partial charge < -0.3 is 25.8 Å². The van der Waals surface area contributed by atoms with Crippen LogP contribution in [0.25, 0.3) is 32.6 Å². The fraction of sp³-hybridized carbons (Fsp3) is 0.342. The first-order chi connectivity index (χ1) is 25.9. The summed E-state index contributed by atoms with van der Waals surface area (Å²) in [5, 5.41) is 20.6. The van der Waals surface area contributed by atoms with Crippen molar-refractivity contribution in [2.75, 3.05) is 25.0 Å². The molecule has 5 heterocycles. The van der Waals surface area contributed by atoms with Gasteiger partial charge in [0.2, 0.25) is 11.8 Å². The number of pyridine rings is 2. The van der Waals surface area contributed by atoms with Crippen molar-refractivity contribution in [2.45, 2.75) is 52.4 Å². The molecular formula is C38H37Cl2F2N7O4S. The van der Waals surface area contributed by atoms with E-state index in [0.29, 0.717) is 99.6 Å². The van der Waals surface area contributed by atoms with Gasteiger partial charge in [0, 0.05) is 67.1 Å². The zero-order chi connectivity index (χ0) is 38.1. The molecule has 0 saturated carbocycles. The van der Waals surface area contributed by atoms with Gasteiger partial charge in [-0.2, -0.15) is 8.78 Å². The maximum atomic E-state index is 13.6. The summed E-state index contributed by atoms with van der Waals surface area (Å²) in [4.78, 5) is 39.2. The van der Waals surface area contributed by atoms with Crippen molar-refractivity contribution in [1.82, 2.24) is 30.5 Å². The van der Waals surface area contributed by atoms with Gasteiger partial charge in [0.1, 0.15) is 10.5 Å². The Hall–Kier alpha value is -4.47. The van der Waals surface area contributed by atoms with Crippen LogP contribution >= 0.6 is 34.5 Å². The number of amides is 1. The number of hydrogen-bond acceptors (Lipinski definition) is 10. The standard InChI is InChI=1S/C38H37Cl2F2N7O4S/c1-19-13-28(47-36(53-38(41)42)25(19)15-43-14-21-9-10-30(50)45-21)24-7-3-5-22(32(24)39)23-6-4-8-27(33(23)40)46-35-34-29(11-12-44-35)54-31(48-34)18-49-16-20(2)26(17-49)37(51)52/h3-8,11-13,20-21,26,38,43H,9-10,14-18H2,1-2H3,(H,44,46)(H,45,50)(H,51,52)/t20-,21+,26+/m1/s1. The Kier molecular flexibility index (Phi) is 11.3. The van der Waals surface area contributed by atoms with Crippen LogP contribution in [-0.4, -0.2) is 69.1 Å². The number of hydrogen-bond donors (Lipinski definition) is 4. The minimum Gasteiger partial charge on any atom is -0.481 e. The van der Waals surface area contributed by atoms with E-state index in [1.54, 1.807) is 31.3 Å². The molecule has 2 aliphatic rings. The number of aryl methyl sites for hydroxylation is 1. The molecule has 3 atom stereocenters. The fourth-order valence-corrected chi connectivity index (χ4v) is 8.68. The number of carbonyl (C=O) groups excluding carboxylic acids is 1. The smallest absolute Gasteiger partial charge is 0.388 e. The molecule has 0 spiro atoms. The van der Waals surface area contributed by atoms with Crippen molar-refractivity contribution in [3.05, 3.63) is 80.9 Å². The summed E-state index contributed by atoms with van der Waals surface area (Å²) in [6.07, 6.45) is 2.87. The summed E-state index contributed by atoms with van der Waals surface area (Å²) >= 11 is 15.6. The lowest BCUT2D eigenvalue weighted by molar-refractivity contribution is -0.142. The van der Waals surface area contributed by atoms with Crippen LogP contribution in [0.15, 0.2) is 54.7 Å². The summed E-state index contributed by atoms with van der Waals surface area (Å²) in [6.45, 7) is 3.08. The molecule has 3 aromatic heterocycles. The van der Waals surface area contributed by atoms with Crippen molar-refractivity contribution >= 4 is 68.1 Å². The number of fused-ring (bicyclic) bond motifs is 1. The molecule has 282 valence electrons. The van der Waals surface area contributed by atoms with Crippen LogP contribution in [0.2, 0.25) is 10.0 Å². The SMILES string of the molecule is Cc1cc(-c2cccc(-c3cccc(Nc4nccc5sc(CN6C[C@@H](C)[C@@H](C(=O)O)C6)nc45)c3Cl)c2Cl)nc(OC(F)F)c1CNC[C@@H]1CCC(=O)N1. The van der Waals surface area contributed by atoms with Crippen LogP contribution < -0.4 is 20.7 Å². The molecule has 1 amide bonds. The van der Waals surface area contributed by atoms with Crippen molar-refractivity contribution < 1.29 is 28.2 Å². The molecule has 4 N–H and O–H groups in total. The number of halogens is 4. The molecule has 2 fully saturated rings. The Morgan fingerprint density at radius 3 is 2.59 bits per heavy atom. The Morgan fingerprint density at radius 2 is 1.87 bits per heavy atom. The third kappa shape index (κ3) is 8.13. The average Bonchev–Trinajstić information content (AvgIpc) is 3.84. The molecule has 16 heteroatoms. The van der Waals surface area contributed by atoms with E-state index in [9.17, 15) is 23.5 Å². The summed E-state index contributed by atoms with van der Waals surface area (Å²) in [7, 11) is 0. The maximum absolute atomic E-state index is 13.6. The van der Waals surface area contributed by atoms with Gasteiger partial charge in [-0.1, -0.05) is 60.5 Å². The normalized spacial score (nSPS) is 18.8. The van der Waals surface area contributed by atoms with Gasteiger partial charge in [-0.25, -0.2) is 15.0 Å². The van der Waals surface area contributed by atoms with Gasteiger partial charge in [-0.15, -0.1) is 11.3 Å². The summed E-state index contributed by atoms with van der Waals surface area (Å²) in [5.41, 5.74) is 4.47. The maximum Gasteiger partial charge on any atom is 0.388 e. The van der Waals surface area contributed by atoms with E-state index >= 15 is 0 Å². The van der Waals surface area contributed by atoms with Crippen LogP contribution in [0.3, 0.4) is 0 Å². The number of anilines is 2. The zero-order valence-corrected chi connectivity index (χ0v) is 31.7. The summed E-state index contributed by atoms with van der Waals surface area (Å²) < 4.78 is 33.0. The molecular weight excluding hydrogens is 759 g/mol. The molecule has 0 aliphatic carbocycles. The van der Waals surface area contributed by atoms with Gasteiger partial charge in [-0.05, 0) is 43.0 Å². The predicted molar refractivity (Wildman–Crippen MR) is 206 cm³/mol. The number of aromatic nitrogens is 3.